The number of ether oxygens (including phenoxy) is 1. The van der Waals surface area contributed by atoms with E-state index >= 15 is 0 Å². The molecule has 0 aliphatic carbocycles. The van der Waals surface area contributed by atoms with E-state index in [2.05, 4.69) is 41.2 Å². The number of likely N-dealkylation sites (tertiary alicyclic amines) is 1. The van der Waals surface area contributed by atoms with Crippen molar-refractivity contribution in [3.8, 4) is 0 Å². The van der Waals surface area contributed by atoms with Gasteiger partial charge in [-0.05, 0) is 12.5 Å². The first-order valence-corrected chi connectivity index (χ1v) is 8.75. The molecule has 0 radical (unpaired) electrons. The molecule has 1 amide bonds. The van der Waals surface area contributed by atoms with Gasteiger partial charge in [-0.15, -0.1) is 0 Å². The molecule has 0 bridgehead atoms. The van der Waals surface area contributed by atoms with Crippen LogP contribution in [0.15, 0.2) is 36.7 Å². The number of benzene rings is 1. The summed E-state index contributed by atoms with van der Waals surface area (Å²) in [5.41, 5.74) is 3.59. The number of fused-ring (bicyclic) bond motifs is 1. The van der Waals surface area contributed by atoms with Crippen molar-refractivity contribution in [2.45, 2.75) is 32.2 Å². The highest BCUT2D eigenvalue weighted by Gasteiger charge is 2.43. The van der Waals surface area contributed by atoms with E-state index in [1.807, 2.05) is 29.0 Å². The third kappa shape index (κ3) is 3.45. The summed E-state index contributed by atoms with van der Waals surface area (Å²) in [6.45, 7) is 5.48. The average Bonchev–Trinajstić information content (AvgIpc) is 3.16. The number of nitrogens with zero attached hydrogens (tertiary/aromatic N) is 4. The molecule has 6 nitrogen and oxygen atoms in total. The molecule has 0 saturated carbocycles. The lowest BCUT2D eigenvalue weighted by Crippen LogP contribution is -2.53. The van der Waals surface area contributed by atoms with E-state index in [0.29, 0.717) is 6.54 Å². The average molecular weight is 340 g/mol. The van der Waals surface area contributed by atoms with Gasteiger partial charge in [-0.2, -0.15) is 5.10 Å². The molecule has 132 valence electrons. The quantitative estimate of drug-likeness (QED) is 0.843. The lowest BCUT2D eigenvalue weighted by molar-refractivity contribution is -0.153. The van der Waals surface area contributed by atoms with E-state index < -0.39 is 0 Å². The van der Waals surface area contributed by atoms with Crippen molar-refractivity contribution >= 4 is 5.91 Å². The number of rotatable bonds is 4. The summed E-state index contributed by atoms with van der Waals surface area (Å²) >= 11 is 0. The Labute approximate surface area is 148 Å². The largest absolute Gasteiger partial charge is 0.365 e. The van der Waals surface area contributed by atoms with E-state index in [-0.39, 0.29) is 24.7 Å². The highest BCUT2D eigenvalue weighted by atomic mass is 16.5. The Morgan fingerprint density at radius 2 is 2.12 bits per heavy atom. The molecule has 0 unspecified atom stereocenters. The smallest absolute Gasteiger partial charge is 0.249 e. The van der Waals surface area contributed by atoms with E-state index in [9.17, 15) is 4.79 Å². The molecule has 2 aliphatic heterocycles. The molecule has 1 aromatic carbocycles. The Hall–Kier alpha value is -2.18. The Balaban J connectivity index is 1.47. The monoisotopic (exact) mass is 340 g/mol. The number of hydrogen-bond acceptors (Lipinski definition) is 4. The van der Waals surface area contributed by atoms with Crippen LogP contribution in [0.5, 0.6) is 0 Å². The normalized spacial score (nSPS) is 23.9. The van der Waals surface area contributed by atoms with Gasteiger partial charge in [-0.25, -0.2) is 0 Å². The predicted molar refractivity (Wildman–Crippen MR) is 93.7 cm³/mol. The zero-order valence-corrected chi connectivity index (χ0v) is 14.8. The molecule has 2 fully saturated rings. The maximum Gasteiger partial charge on any atom is 0.249 e. The molecular formula is C19H24N4O2. The molecule has 2 aromatic rings. The number of carbonyl (C=O) groups excluding carboxylic acids is 1. The number of carbonyl (C=O) groups is 1. The van der Waals surface area contributed by atoms with Crippen LogP contribution in [0.3, 0.4) is 0 Å². The lowest BCUT2D eigenvalue weighted by Gasteiger charge is -2.37. The van der Waals surface area contributed by atoms with Gasteiger partial charge in [0, 0.05) is 45.0 Å². The summed E-state index contributed by atoms with van der Waals surface area (Å²) in [4.78, 5) is 16.8. The fourth-order valence-corrected chi connectivity index (χ4v) is 3.90. The maximum atomic E-state index is 12.5. The second kappa shape index (κ2) is 6.61. The number of morpholine rings is 1. The van der Waals surface area contributed by atoms with Crippen LogP contribution in [0.25, 0.3) is 0 Å². The second-order valence-electron chi connectivity index (χ2n) is 7.14. The standard InChI is InChI=1S/C19H24N4O2/c1-14-4-3-5-15(6-14)10-23-17-11-22(9-16-7-20-21(2)8-16)12-18(17)25-13-19(23)24/h3-8,17-18H,9-13H2,1-2H3/t17-,18-/m1/s1. The minimum absolute atomic E-state index is 0.0889. The highest BCUT2D eigenvalue weighted by Crippen LogP contribution is 2.26. The number of aromatic nitrogens is 2. The van der Waals surface area contributed by atoms with Crippen LogP contribution in [0.2, 0.25) is 0 Å². The number of aryl methyl sites for hydroxylation is 2. The van der Waals surface area contributed by atoms with Gasteiger partial charge in [-0.1, -0.05) is 29.8 Å². The highest BCUT2D eigenvalue weighted by molar-refractivity contribution is 5.78. The molecule has 3 heterocycles. The summed E-state index contributed by atoms with van der Waals surface area (Å²) in [5.74, 6) is 0.0889. The summed E-state index contributed by atoms with van der Waals surface area (Å²) in [6, 6.07) is 8.50. The third-order valence-electron chi connectivity index (χ3n) is 5.05. The molecule has 6 heteroatoms. The van der Waals surface area contributed by atoms with Crippen LogP contribution >= 0.6 is 0 Å². The van der Waals surface area contributed by atoms with Crippen LogP contribution in [-0.2, 0) is 29.7 Å². The number of hydrogen-bond donors (Lipinski definition) is 0. The van der Waals surface area contributed by atoms with Gasteiger partial charge in [0.25, 0.3) is 0 Å². The topological polar surface area (TPSA) is 50.6 Å². The fraction of sp³-hybridized carbons (Fsp3) is 0.474. The van der Waals surface area contributed by atoms with Gasteiger partial charge in [0.15, 0.2) is 0 Å². The molecule has 0 spiro atoms. The van der Waals surface area contributed by atoms with Gasteiger partial charge in [0.05, 0.1) is 18.3 Å². The molecular weight excluding hydrogens is 316 g/mol. The zero-order valence-electron chi connectivity index (χ0n) is 14.8. The van der Waals surface area contributed by atoms with Crippen molar-refractivity contribution in [2.24, 2.45) is 7.05 Å². The Kier molecular flexibility index (Phi) is 4.31. The van der Waals surface area contributed by atoms with Gasteiger partial charge >= 0.3 is 0 Å². The first-order chi connectivity index (χ1) is 12.1. The lowest BCUT2D eigenvalue weighted by atomic mass is 10.1. The second-order valence-corrected chi connectivity index (χ2v) is 7.14. The molecule has 2 saturated heterocycles. The van der Waals surface area contributed by atoms with E-state index in [0.717, 1.165) is 19.6 Å². The minimum Gasteiger partial charge on any atom is -0.365 e. The molecule has 4 rings (SSSR count). The first-order valence-electron chi connectivity index (χ1n) is 8.75. The Bertz CT molecular complexity index is 772. The van der Waals surface area contributed by atoms with Gasteiger partial charge in [0.2, 0.25) is 5.91 Å². The molecule has 25 heavy (non-hydrogen) atoms. The summed E-state index contributed by atoms with van der Waals surface area (Å²) in [5, 5.41) is 4.23. The van der Waals surface area contributed by atoms with Crippen molar-refractivity contribution in [1.82, 2.24) is 19.6 Å². The van der Waals surface area contributed by atoms with Crippen LogP contribution in [0.4, 0.5) is 0 Å². The van der Waals surface area contributed by atoms with E-state index in [1.165, 1.54) is 16.7 Å². The van der Waals surface area contributed by atoms with E-state index in [4.69, 9.17) is 4.74 Å². The predicted octanol–water partition coefficient (Wildman–Crippen LogP) is 1.34. The molecule has 2 atom stereocenters. The van der Waals surface area contributed by atoms with Crippen LogP contribution in [0.1, 0.15) is 16.7 Å². The molecule has 0 N–H and O–H groups in total. The zero-order chi connectivity index (χ0) is 17.4. The van der Waals surface area contributed by atoms with Crippen LogP contribution < -0.4 is 0 Å². The SMILES string of the molecule is Cc1cccc(CN2C(=O)CO[C@@H]3CN(Cc4cnn(C)c4)C[C@H]32)c1. The van der Waals surface area contributed by atoms with Crippen molar-refractivity contribution in [3.05, 3.63) is 53.3 Å². The van der Waals surface area contributed by atoms with Crippen molar-refractivity contribution in [2.75, 3.05) is 19.7 Å². The Morgan fingerprint density at radius 3 is 2.88 bits per heavy atom. The number of amides is 1. The van der Waals surface area contributed by atoms with Gasteiger partial charge in [-0.3, -0.25) is 14.4 Å². The molecule has 1 aromatic heterocycles. The summed E-state index contributed by atoms with van der Waals surface area (Å²) in [6.07, 6.45) is 4.04. The molecule has 2 aliphatic rings. The van der Waals surface area contributed by atoms with Crippen LogP contribution in [0, 0.1) is 6.92 Å². The summed E-state index contributed by atoms with van der Waals surface area (Å²) < 4.78 is 7.65. The van der Waals surface area contributed by atoms with Gasteiger partial charge < -0.3 is 9.64 Å². The summed E-state index contributed by atoms with van der Waals surface area (Å²) in [7, 11) is 1.93. The minimum atomic E-state index is 0.0889. The van der Waals surface area contributed by atoms with Crippen molar-refractivity contribution in [3.63, 3.8) is 0 Å². The van der Waals surface area contributed by atoms with Crippen molar-refractivity contribution in [1.29, 1.82) is 0 Å². The van der Waals surface area contributed by atoms with Crippen molar-refractivity contribution < 1.29 is 9.53 Å². The van der Waals surface area contributed by atoms with Gasteiger partial charge in [0.1, 0.15) is 6.61 Å². The maximum absolute atomic E-state index is 12.5. The van der Waals surface area contributed by atoms with Crippen LogP contribution in [-0.4, -0.2) is 57.3 Å². The first kappa shape index (κ1) is 16.3. The van der Waals surface area contributed by atoms with E-state index in [1.54, 1.807) is 0 Å². The third-order valence-corrected chi connectivity index (χ3v) is 5.05. The fourth-order valence-electron chi connectivity index (χ4n) is 3.90. The Morgan fingerprint density at radius 1 is 1.24 bits per heavy atom.